The second-order valence-electron chi connectivity index (χ2n) is 4.97. The van der Waals surface area contributed by atoms with Gasteiger partial charge in [-0.25, -0.2) is 0 Å². The van der Waals surface area contributed by atoms with Crippen molar-refractivity contribution in [1.82, 2.24) is 9.47 Å². The van der Waals surface area contributed by atoms with Crippen molar-refractivity contribution < 1.29 is 9.90 Å². The number of aliphatic hydroxyl groups is 1. The minimum absolute atomic E-state index is 0.0332. The molecular formula is C13H22N2O2. The Morgan fingerprint density at radius 1 is 1.41 bits per heavy atom. The van der Waals surface area contributed by atoms with Gasteiger partial charge in [0, 0.05) is 25.5 Å². The standard InChI is InChI=1S/C13H22N2O2/c1-5-14(10-13(3,4)17)12(16)11(2)15-8-6-7-9-15/h6-9,11,17H,5,10H2,1-4H3. The molecule has 0 aliphatic heterocycles. The largest absolute Gasteiger partial charge is 0.389 e. The summed E-state index contributed by atoms with van der Waals surface area (Å²) in [6.45, 7) is 8.18. The number of aromatic nitrogens is 1. The van der Waals surface area contributed by atoms with E-state index in [2.05, 4.69) is 0 Å². The summed E-state index contributed by atoms with van der Waals surface area (Å²) in [6.07, 6.45) is 3.75. The second-order valence-corrected chi connectivity index (χ2v) is 4.97. The van der Waals surface area contributed by atoms with Crippen LogP contribution in [0.1, 0.15) is 33.7 Å². The lowest BCUT2D eigenvalue weighted by Gasteiger charge is -2.30. The molecule has 17 heavy (non-hydrogen) atoms. The molecule has 0 fully saturated rings. The zero-order chi connectivity index (χ0) is 13.1. The van der Waals surface area contributed by atoms with Gasteiger partial charge in [0.25, 0.3) is 0 Å². The first kappa shape index (κ1) is 13.8. The van der Waals surface area contributed by atoms with Crippen molar-refractivity contribution in [2.75, 3.05) is 13.1 Å². The first-order valence-corrected chi connectivity index (χ1v) is 5.99. The molecule has 1 heterocycles. The van der Waals surface area contributed by atoms with E-state index in [-0.39, 0.29) is 11.9 Å². The van der Waals surface area contributed by atoms with Crippen LogP contribution < -0.4 is 0 Å². The molecule has 96 valence electrons. The van der Waals surface area contributed by atoms with Crippen LogP contribution in [0.2, 0.25) is 0 Å². The van der Waals surface area contributed by atoms with E-state index >= 15 is 0 Å². The number of amides is 1. The van der Waals surface area contributed by atoms with Crippen LogP contribution in [-0.2, 0) is 4.79 Å². The Hall–Kier alpha value is -1.29. The molecule has 0 spiro atoms. The summed E-state index contributed by atoms with van der Waals surface area (Å²) in [6, 6.07) is 3.57. The first-order valence-electron chi connectivity index (χ1n) is 5.99. The Kier molecular flexibility index (Phi) is 4.34. The molecule has 1 atom stereocenters. The van der Waals surface area contributed by atoms with Crippen molar-refractivity contribution >= 4 is 5.91 Å². The Morgan fingerprint density at radius 2 is 1.94 bits per heavy atom. The predicted octanol–water partition coefficient (Wildman–Crippen LogP) is 1.67. The van der Waals surface area contributed by atoms with Gasteiger partial charge in [0.1, 0.15) is 6.04 Å². The lowest BCUT2D eigenvalue weighted by molar-refractivity contribution is -0.137. The quantitative estimate of drug-likeness (QED) is 0.848. The van der Waals surface area contributed by atoms with E-state index in [9.17, 15) is 9.90 Å². The van der Waals surface area contributed by atoms with E-state index in [0.717, 1.165) is 0 Å². The predicted molar refractivity (Wildman–Crippen MR) is 67.7 cm³/mol. The highest BCUT2D eigenvalue weighted by Crippen LogP contribution is 2.13. The van der Waals surface area contributed by atoms with Gasteiger partial charge in [0.2, 0.25) is 5.91 Å². The van der Waals surface area contributed by atoms with Gasteiger partial charge in [0.15, 0.2) is 0 Å². The van der Waals surface area contributed by atoms with Gasteiger partial charge in [-0.1, -0.05) is 0 Å². The van der Waals surface area contributed by atoms with E-state index in [0.29, 0.717) is 13.1 Å². The van der Waals surface area contributed by atoms with E-state index < -0.39 is 5.60 Å². The van der Waals surface area contributed by atoms with Crippen LogP contribution in [0.5, 0.6) is 0 Å². The third kappa shape index (κ3) is 3.89. The SMILES string of the molecule is CCN(CC(C)(C)O)C(=O)C(C)n1cccc1. The average Bonchev–Trinajstić information content (AvgIpc) is 2.75. The fourth-order valence-corrected chi connectivity index (χ4v) is 1.81. The molecular weight excluding hydrogens is 216 g/mol. The molecule has 0 aliphatic rings. The minimum Gasteiger partial charge on any atom is -0.389 e. The number of hydrogen-bond acceptors (Lipinski definition) is 2. The summed E-state index contributed by atoms with van der Waals surface area (Å²) in [5, 5.41) is 9.78. The van der Waals surface area contributed by atoms with Gasteiger partial charge in [-0.05, 0) is 39.8 Å². The molecule has 4 heteroatoms. The van der Waals surface area contributed by atoms with Crippen molar-refractivity contribution in [3.05, 3.63) is 24.5 Å². The van der Waals surface area contributed by atoms with Gasteiger partial charge in [-0.15, -0.1) is 0 Å². The summed E-state index contributed by atoms with van der Waals surface area (Å²) in [7, 11) is 0. The van der Waals surface area contributed by atoms with Crippen molar-refractivity contribution in [2.45, 2.75) is 39.3 Å². The van der Waals surface area contributed by atoms with Gasteiger partial charge in [0.05, 0.1) is 5.60 Å². The number of hydrogen-bond donors (Lipinski definition) is 1. The molecule has 0 radical (unpaired) electrons. The summed E-state index contributed by atoms with van der Waals surface area (Å²) >= 11 is 0. The van der Waals surface area contributed by atoms with Crippen molar-refractivity contribution in [1.29, 1.82) is 0 Å². The zero-order valence-electron chi connectivity index (χ0n) is 11.1. The summed E-state index contributed by atoms with van der Waals surface area (Å²) in [5.74, 6) is 0.0332. The molecule has 0 saturated heterocycles. The number of carbonyl (C=O) groups is 1. The van der Waals surface area contributed by atoms with Gasteiger partial charge in [-0.2, -0.15) is 0 Å². The lowest BCUT2D eigenvalue weighted by atomic mass is 10.1. The van der Waals surface area contributed by atoms with Crippen LogP contribution >= 0.6 is 0 Å². The maximum absolute atomic E-state index is 12.2. The molecule has 0 bridgehead atoms. The molecule has 0 aromatic carbocycles. The minimum atomic E-state index is -0.859. The summed E-state index contributed by atoms with van der Waals surface area (Å²) in [4.78, 5) is 13.9. The lowest BCUT2D eigenvalue weighted by Crippen LogP contribution is -2.44. The van der Waals surface area contributed by atoms with E-state index in [1.807, 2.05) is 42.9 Å². The molecule has 1 amide bonds. The van der Waals surface area contributed by atoms with E-state index in [4.69, 9.17) is 0 Å². The first-order chi connectivity index (χ1) is 7.85. The monoisotopic (exact) mass is 238 g/mol. The summed E-state index contributed by atoms with van der Waals surface area (Å²) < 4.78 is 1.87. The normalized spacial score (nSPS) is 13.5. The smallest absolute Gasteiger partial charge is 0.245 e. The van der Waals surface area contributed by atoms with Gasteiger partial charge in [-0.3, -0.25) is 4.79 Å². The maximum atomic E-state index is 12.2. The molecule has 1 aromatic rings. The third-order valence-electron chi connectivity index (χ3n) is 2.70. The fraction of sp³-hybridized carbons (Fsp3) is 0.615. The Labute approximate surface area is 103 Å². The fourth-order valence-electron chi connectivity index (χ4n) is 1.81. The Balaban J connectivity index is 2.73. The zero-order valence-corrected chi connectivity index (χ0v) is 11.1. The maximum Gasteiger partial charge on any atom is 0.245 e. The van der Waals surface area contributed by atoms with E-state index in [1.165, 1.54) is 0 Å². The van der Waals surface area contributed by atoms with Crippen molar-refractivity contribution in [3.8, 4) is 0 Å². The van der Waals surface area contributed by atoms with Gasteiger partial charge < -0.3 is 14.6 Å². The van der Waals surface area contributed by atoms with Gasteiger partial charge >= 0.3 is 0 Å². The van der Waals surface area contributed by atoms with Crippen LogP contribution in [0.3, 0.4) is 0 Å². The molecule has 0 aliphatic carbocycles. The van der Waals surface area contributed by atoms with Crippen LogP contribution in [0.25, 0.3) is 0 Å². The van der Waals surface area contributed by atoms with Crippen LogP contribution in [0.4, 0.5) is 0 Å². The molecule has 1 aromatic heterocycles. The third-order valence-corrected chi connectivity index (χ3v) is 2.70. The number of nitrogens with zero attached hydrogens (tertiary/aromatic N) is 2. The highest BCUT2D eigenvalue weighted by atomic mass is 16.3. The Bertz CT molecular complexity index is 352. The Morgan fingerprint density at radius 3 is 2.35 bits per heavy atom. The van der Waals surface area contributed by atoms with Crippen molar-refractivity contribution in [3.63, 3.8) is 0 Å². The van der Waals surface area contributed by atoms with Crippen LogP contribution in [0.15, 0.2) is 24.5 Å². The molecule has 4 nitrogen and oxygen atoms in total. The topological polar surface area (TPSA) is 45.5 Å². The van der Waals surface area contributed by atoms with Crippen LogP contribution in [-0.4, -0.2) is 39.2 Å². The molecule has 0 saturated carbocycles. The second kappa shape index (κ2) is 5.36. The molecule has 1 rings (SSSR count). The number of likely N-dealkylation sites (N-methyl/N-ethyl adjacent to an activating group) is 1. The van der Waals surface area contributed by atoms with E-state index in [1.54, 1.807) is 18.7 Å². The molecule has 1 N–H and O–H groups in total. The average molecular weight is 238 g/mol. The van der Waals surface area contributed by atoms with Crippen molar-refractivity contribution in [2.24, 2.45) is 0 Å². The number of rotatable bonds is 5. The number of carbonyl (C=O) groups excluding carboxylic acids is 1. The van der Waals surface area contributed by atoms with Crippen LogP contribution in [0, 0.1) is 0 Å². The molecule has 1 unspecified atom stereocenters. The summed E-state index contributed by atoms with van der Waals surface area (Å²) in [5.41, 5.74) is -0.859. The highest BCUT2D eigenvalue weighted by molar-refractivity contribution is 5.80. The highest BCUT2D eigenvalue weighted by Gasteiger charge is 2.25.